The van der Waals surface area contributed by atoms with Crippen LogP contribution in [0.5, 0.6) is 5.75 Å². The van der Waals surface area contributed by atoms with Gasteiger partial charge in [0.1, 0.15) is 11.1 Å². The lowest BCUT2D eigenvalue weighted by Gasteiger charge is -2.36. The molecule has 2 aromatic rings. The van der Waals surface area contributed by atoms with E-state index >= 15 is 0 Å². The van der Waals surface area contributed by atoms with Crippen LogP contribution in [0, 0.1) is 11.7 Å². The molecular weight excluding hydrogens is 461 g/mol. The SMILES string of the molecule is Cn1c(CN2Cc3ccc(F)cc3C2)ccc(OCC2CCN(S(=O)(=O)C3COC3)CC2)c1=O. The van der Waals surface area contributed by atoms with E-state index in [4.69, 9.17) is 9.47 Å². The quantitative estimate of drug-likeness (QED) is 0.588. The smallest absolute Gasteiger partial charge is 0.292 e. The summed E-state index contributed by atoms with van der Waals surface area (Å²) < 4.78 is 52.6. The molecule has 2 fully saturated rings. The molecule has 4 heterocycles. The normalized spacial score (nSPS) is 20.3. The lowest BCUT2D eigenvalue weighted by molar-refractivity contribution is 0.0384. The molecule has 3 aliphatic heterocycles. The maximum Gasteiger partial charge on any atom is 0.292 e. The average Bonchev–Trinajstić information content (AvgIpc) is 3.16. The van der Waals surface area contributed by atoms with Crippen molar-refractivity contribution >= 4 is 10.0 Å². The van der Waals surface area contributed by atoms with Crippen LogP contribution in [0.1, 0.15) is 29.7 Å². The summed E-state index contributed by atoms with van der Waals surface area (Å²) in [4.78, 5) is 15.0. The van der Waals surface area contributed by atoms with Gasteiger partial charge in [-0.25, -0.2) is 17.1 Å². The van der Waals surface area contributed by atoms with Crippen molar-refractivity contribution in [3.63, 3.8) is 0 Å². The van der Waals surface area contributed by atoms with Crippen LogP contribution in [0.2, 0.25) is 0 Å². The number of piperidine rings is 1. The summed E-state index contributed by atoms with van der Waals surface area (Å²) in [5, 5.41) is -0.405. The summed E-state index contributed by atoms with van der Waals surface area (Å²) in [5.41, 5.74) is 2.78. The molecule has 2 saturated heterocycles. The first-order valence-corrected chi connectivity index (χ1v) is 13.2. The molecule has 184 valence electrons. The van der Waals surface area contributed by atoms with Crippen LogP contribution in [0.25, 0.3) is 0 Å². The Balaban J connectivity index is 1.15. The molecule has 5 rings (SSSR count). The number of pyridine rings is 1. The Hall–Kier alpha value is -2.27. The monoisotopic (exact) mass is 491 g/mol. The molecule has 0 N–H and O–H groups in total. The lowest BCUT2D eigenvalue weighted by Crippen LogP contribution is -2.51. The van der Waals surface area contributed by atoms with Crippen molar-refractivity contribution in [2.24, 2.45) is 13.0 Å². The maximum atomic E-state index is 13.5. The standard InChI is InChI=1S/C24H30FN3O5S/c1-26-21(13-27-11-18-2-3-20(25)10-19(18)12-27)4-5-23(24(26)29)33-14-17-6-8-28(9-7-17)34(30,31)22-15-32-16-22/h2-5,10,17,22H,6-9,11-16H2,1H3. The van der Waals surface area contributed by atoms with Crippen molar-refractivity contribution in [3.05, 3.63) is 63.3 Å². The molecule has 3 aliphatic rings. The van der Waals surface area contributed by atoms with E-state index in [-0.39, 0.29) is 30.5 Å². The third kappa shape index (κ3) is 4.64. The highest BCUT2D eigenvalue weighted by molar-refractivity contribution is 7.89. The number of ether oxygens (including phenoxy) is 2. The first-order chi connectivity index (χ1) is 16.3. The molecule has 1 aromatic heterocycles. The van der Waals surface area contributed by atoms with E-state index in [1.807, 2.05) is 12.1 Å². The first-order valence-electron chi connectivity index (χ1n) is 11.7. The summed E-state index contributed by atoms with van der Waals surface area (Å²) in [6.45, 7) is 3.88. The van der Waals surface area contributed by atoms with Gasteiger partial charge in [-0.05, 0) is 54.2 Å². The van der Waals surface area contributed by atoms with Gasteiger partial charge in [-0.3, -0.25) is 9.69 Å². The Morgan fingerprint density at radius 1 is 1.09 bits per heavy atom. The maximum absolute atomic E-state index is 13.5. The summed E-state index contributed by atoms with van der Waals surface area (Å²) >= 11 is 0. The zero-order valence-corrected chi connectivity index (χ0v) is 20.1. The van der Waals surface area contributed by atoms with Gasteiger partial charge in [-0.1, -0.05) is 6.07 Å². The minimum atomic E-state index is -3.27. The van der Waals surface area contributed by atoms with Crippen molar-refractivity contribution in [1.29, 1.82) is 0 Å². The molecule has 1 aromatic carbocycles. The molecule has 0 spiro atoms. The molecule has 0 saturated carbocycles. The van der Waals surface area contributed by atoms with Gasteiger partial charge in [0.25, 0.3) is 5.56 Å². The van der Waals surface area contributed by atoms with E-state index in [2.05, 4.69) is 4.90 Å². The van der Waals surface area contributed by atoms with Crippen molar-refractivity contribution in [2.45, 2.75) is 37.7 Å². The van der Waals surface area contributed by atoms with Crippen LogP contribution in [0.4, 0.5) is 4.39 Å². The molecule has 34 heavy (non-hydrogen) atoms. The molecule has 0 amide bonds. The summed E-state index contributed by atoms with van der Waals surface area (Å²) in [7, 11) is -1.53. The van der Waals surface area contributed by atoms with Gasteiger partial charge >= 0.3 is 0 Å². The molecule has 0 bridgehead atoms. The molecule has 10 heteroatoms. The van der Waals surface area contributed by atoms with Gasteiger partial charge in [0.2, 0.25) is 10.0 Å². The Bertz CT molecular complexity index is 1220. The number of aromatic nitrogens is 1. The van der Waals surface area contributed by atoms with Gasteiger partial charge in [-0.15, -0.1) is 0 Å². The summed E-state index contributed by atoms with van der Waals surface area (Å²) in [6.07, 6.45) is 1.42. The van der Waals surface area contributed by atoms with Gasteiger partial charge in [0.15, 0.2) is 5.75 Å². The van der Waals surface area contributed by atoms with Crippen molar-refractivity contribution in [3.8, 4) is 5.75 Å². The number of nitrogens with zero attached hydrogens (tertiary/aromatic N) is 3. The van der Waals surface area contributed by atoms with Gasteiger partial charge in [0.05, 0.1) is 19.8 Å². The van der Waals surface area contributed by atoms with Crippen LogP contribution in [0.15, 0.2) is 35.1 Å². The third-order valence-electron chi connectivity index (χ3n) is 7.15. The Morgan fingerprint density at radius 2 is 1.82 bits per heavy atom. The second-order valence-corrected chi connectivity index (χ2v) is 11.7. The molecule has 8 nitrogen and oxygen atoms in total. The Kier molecular flexibility index (Phi) is 6.49. The van der Waals surface area contributed by atoms with Crippen LogP contribution in [-0.4, -0.2) is 60.4 Å². The predicted octanol–water partition coefficient (Wildman–Crippen LogP) is 1.86. The molecule has 0 aliphatic carbocycles. The van der Waals surface area contributed by atoms with E-state index in [1.54, 1.807) is 28.1 Å². The van der Waals surface area contributed by atoms with Crippen molar-refractivity contribution in [1.82, 2.24) is 13.8 Å². The summed E-state index contributed by atoms with van der Waals surface area (Å²) in [5.74, 6) is 0.284. The van der Waals surface area contributed by atoms with E-state index in [9.17, 15) is 17.6 Å². The largest absolute Gasteiger partial charge is 0.488 e. The Morgan fingerprint density at radius 3 is 2.53 bits per heavy atom. The zero-order valence-electron chi connectivity index (χ0n) is 19.3. The number of halogens is 1. The second kappa shape index (κ2) is 9.41. The number of rotatable bonds is 7. The fourth-order valence-electron chi connectivity index (χ4n) is 4.83. The van der Waals surface area contributed by atoms with Gasteiger partial charge in [0, 0.05) is 45.5 Å². The highest BCUT2D eigenvalue weighted by Crippen LogP contribution is 2.26. The summed E-state index contributed by atoms with van der Waals surface area (Å²) in [6, 6.07) is 8.50. The molecule has 0 radical (unpaired) electrons. The first kappa shape index (κ1) is 23.5. The highest BCUT2D eigenvalue weighted by Gasteiger charge is 2.38. The number of fused-ring (bicyclic) bond motifs is 1. The molecular formula is C24H30FN3O5S. The topological polar surface area (TPSA) is 81.1 Å². The fraction of sp³-hybridized carbons (Fsp3) is 0.542. The van der Waals surface area contributed by atoms with Crippen LogP contribution < -0.4 is 10.3 Å². The van der Waals surface area contributed by atoms with Crippen molar-refractivity contribution in [2.75, 3.05) is 32.9 Å². The molecule has 0 unspecified atom stereocenters. The Labute approximate surface area is 198 Å². The van der Waals surface area contributed by atoms with E-state index < -0.39 is 15.3 Å². The number of hydrogen-bond donors (Lipinski definition) is 0. The third-order valence-corrected chi connectivity index (χ3v) is 9.35. The van der Waals surface area contributed by atoms with Crippen LogP contribution in [-0.2, 0) is 41.4 Å². The minimum Gasteiger partial charge on any atom is -0.488 e. The zero-order chi connectivity index (χ0) is 23.9. The van der Waals surface area contributed by atoms with Gasteiger partial charge in [-0.2, -0.15) is 0 Å². The van der Waals surface area contributed by atoms with Crippen LogP contribution >= 0.6 is 0 Å². The molecule has 0 atom stereocenters. The van der Waals surface area contributed by atoms with E-state index in [0.29, 0.717) is 51.4 Å². The predicted molar refractivity (Wildman–Crippen MR) is 124 cm³/mol. The van der Waals surface area contributed by atoms with E-state index in [0.717, 1.165) is 23.4 Å². The highest BCUT2D eigenvalue weighted by atomic mass is 32.2. The van der Waals surface area contributed by atoms with Gasteiger partial charge < -0.3 is 14.0 Å². The van der Waals surface area contributed by atoms with E-state index in [1.165, 1.54) is 6.07 Å². The van der Waals surface area contributed by atoms with Crippen molar-refractivity contribution < 1.29 is 22.3 Å². The second-order valence-electron chi connectivity index (χ2n) is 9.47. The number of benzene rings is 1. The lowest BCUT2D eigenvalue weighted by atomic mass is 9.99. The number of sulfonamides is 1. The fourth-order valence-corrected chi connectivity index (χ4v) is 6.51. The van der Waals surface area contributed by atoms with Crippen LogP contribution in [0.3, 0.4) is 0 Å². The minimum absolute atomic E-state index is 0.190. The number of hydrogen-bond acceptors (Lipinski definition) is 6. The average molecular weight is 492 g/mol.